The molecule has 1 aromatic heterocycles. The number of anilines is 1. The fourth-order valence-corrected chi connectivity index (χ4v) is 1.28. The van der Waals surface area contributed by atoms with Crippen molar-refractivity contribution in [1.29, 1.82) is 0 Å². The van der Waals surface area contributed by atoms with E-state index in [4.69, 9.17) is 5.73 Å². The van der Waals surface area contributed by atoms with Crippen molar-refractivity contribution in [1.82, 2.24) is 4.98 Å². The van der Waals surface area contributed by atoms with Gasteiger partial charge in [-0.25, -0.2) is 4.98 Å². The van der Waals surface area contributed by atoms with E-state index in [9.17, 15) is 0 Å². The minimum absolute atomic E-state index is 0.0686. The lowest BCUT2D eigenvalue weighted by atomic mass is 9.99. The molecule has 0 spiro atoms. The Bertz CT molecular complexity index is 280. The highest BCUT2D eigenvalue weighted by Crippen LogP contribution is 2.17. The Hall–Kier alpha value is -0.610. The van der Waals surface area contributed by atoms with Crippen LogP contribution in [0.4, 0.5) is 5.82 Å². The molecular formula is C10H16BrN3. The maximum absolute atomic E-state index is 5.70. The van der Waals surface area contributed by atoms with Crippen molar-refractivity contribution in [3.05, 3.63) is 22.8 Å². The first-order valence-electron chi connectivity index (χ1n) is 4.69. The van der Waals surface area contributed by atoms with Crippen molar-refractivity contribution in [3.63, 3.8) is 0 Å². The van der Waals surface area contributed by atoms with Crippen LogP contribution in [0.15, 0.2) is 22.8 Å². The lowest BCUT2D eigenvalue weighted by molar-refractivity contribution is 0.504. The highest BCUT2D eigenvalue weighted by atomic mass is 79.9. The number of halogens is 1. The standard InChI is InChI=1S/C10H16BrN3/c1-3-10(2,7-12)14-9-5-4-8(11)6-13-9/h4-6H,3,7,12H2,1-2H3,(H,13,14). The van der Waals surface area contributed by atoms with E-state index in [0.717, 1.165) is 16.7 Å². The van der Waals surface area contributed by atoms with E-state index in [1.807, 2.05) is 12.1 Å². The molecule has 0 aromatic carbocycles. The summed E-state index contributed by atoms with van der Waals surface area (Å²) in [5.41, 5.74) is 5.63. The third-order valence-corrected chi connectivity index (χ3v) is 2.86. The summed E-state index contributed by atoms with van der Waals surface area (Å²) in [7, 11) is 0. The summed E-state index contributed by atoms with van der Waals surface area (Å²) in [6.07, 6.45) is 2.75. The van der Waals surface area contributed by atoms with Gasteiger partial charge in [-0.1, -0.05) is 6.92 Å². The number of nitrogens with two attached hydrogens (primary N) is 1. The van der Waals surface area contributed by atoms with Crippen molar-refractivity contribution in [3.8, 4) is 0 Å². The largest absolute Gasteiger partial charge is 0.364 e. The van der Waals surface area contributed by atoms with Gasteiger partial charge in [-0.2, -0.15) is 0 Å². The molecule has 0 aliphatic carbocycles. The number of rotatable bonds is 4. The van der Waals surface area contributed by atoms with Gasteiger partial charge in [0.15, 0.2) is 0 Å². The van der Waals surface area contributed by atoms with Crippen LogP contribution in [-0.4, -0.2) is 17.1 Å². The van der Waals surface area contributed by atoms with Crippen LogP contribution in [0.5, 0.6) is 0 Å². The van der Waals surface area contributed by atoms with Gasteiger partial charge in [0.05, 0.1) is 0 Å². The molecule has 1 rings (SSSR count). The van der Waals surface area contributed by atoms with Gasteiger partial charge in [0, 0.05) is 22.8 Å². The van der Waals surface area contributed by atoms with E-state index < -0.39 is 0 Å². The number of pyridine rings is 1. The van der Waals surface area contributed by atoms with Crippen molar-refractivity contribution < 1.29 is 0 Å². The van der Waals surface area contributed by atoms with Gasteiger partial charge in [-0.05, 0) is 41.4 Å². The van der Waals surface area contributed by atoms with Crippen LogP contribution in [0.2, 0.25) is 0 Å². The SMILES string of the molecule is CCC(C)(CN)Nc1ccc(Br)cn1. The molecule has 0 amide bonds. The number of aromatic nitrogens is 1. The molecule has 1 heterocycles. The molecule has 14 heavy (non-hydrogen) atoms. The lowest BCUT2D eigenvalue weighted by Gasteiger charge is -2.28. The molecule has 1 unspecified atom stereocenters. The van der Waals surface area contributed by atoms with E-state index in [1.54, 1.807) is 6.20 Å². The molecule has 0 aliphatic heterocycles. The van der Waals surface area contributed by atoms with Gasteiger partial charge in [0.25, 0.3) is 0 Å². The summed E-state index contributed by atoms with van der Waals surface area (Å²) in [4.78, 5) is 4.25. The normalized spacial score (nSPS) is 14.9. The smallest absolute Gasteiger partial charge is 0.126 e. The van der Waals surface area contributed by atoms with E-state index in [1.165, 1.54) is 0 Å². The molecule has 0 saturated carbocycles. The summed E-state index contributed by atoms with van der Waals surface area (Å²) in [6, 6.07) is 3.90. The van der Waals surface area contributed by atoms with E-state index >= 15 is 0 Å². The van der Waals surface area contributed by atoms with Gasteiger partial charge in [-0.3, -0.25) is 0 Å². The van der Waals surface area contributed by atoms with E-state index in [2.05, 4.69) is 40.1 Å². The second-order valence-corrected chi connectivity index (χ2v) is 4.52. The van der Waals surface area contributed by atoms with Crippen LogP contribution in [0.1, 0.15) is 20.3 Å². The molecule has 3 N–H and O–H groups in total. The highest BCUT2D eigenvalue weighted by Gasteiger charge is 2.19. The van der Waals surface area contributed by atoms with Crippen LogP contribution in [0.3, 0.4) is 0 Å². The zero-order valence-electron chi connectivity index (χ0n) is 8.55. The quantitative estimate of drug-likeness (QED) is 0.871. The molecule has 0 bridgehead atoms. The van der Waals surface area contributed by atoms with Crippen LogP contribution < -0.4 is 11.1 Å². The lowest BCUT2D eigenvalue weighted by Crippen LogP contribution is -2.42. The predicted molar refractivity (Wildman–Crippen MR) is 63.3 cm³/mol. The van der Waals surface area contributed by atoms with E-state index in [-0.39, 0.29) is 5.54 Å². The average molecular weight is 258 g/mol. The molecule has 1 aromatic rings. The zero-order chi connectivity index (χ0) is 10.6. The molecule has 0 aliphatic rings. The number of nitrogens with zero attached hydrogens (tertiary/aromatic N) is 1. The first kappa shape index (κ1) is 11.5. The Morgan fingerprint density at radius 2 is 2.29 bits per heavy atom. The minimum atomic E-state index is -0.0686. The molecule has 3 nitrogen and oxygen atoms in total. The maximum atomic E-state index is 5.70. The summed E-state index contributed by atoms with van der Waals surface area (Å²) in [6.45, 7) is 4.80. The monoisotopic (exact) mass is 257 g/mol. The third kappa shape index (κ3) is 2.96. The topological polar surface area (TPSA) is 50.9 Å². The molecule has 0 fully saturated rings. The first-order valence-corrected chi connectivity index (χ1v) is 5.49. The first-order chi connectivity index (χ1) is 6.59. The van der Waals surface area contributed by atoms with Crippen LogP contribution in [0, 0.1) is 0 Å². The van der Waals surface area contributed by atoms with Crippen LogP contribution in [0.25, 0.3) is 0 Å². The predicted octanol–water partition coefficient (Wildman–Crippen LogP) is 2.38. The van der Waals surface area contributed by atoms with Gasteiger partial charge < -0.3 is 11.1 Å². The minimum Gasteiger partial charge on any atom is -0.364 e. The Morgan fingerprint density at radius 1 is 1.57 bits per heavy atom. The van der Waals surface area contributed by atoms with Gasteiger partial charge >= 0.3 is 0 Å². The second-order valence-electron chi connectivity index (χ2n) is 3.60. The van der Waals surface area contributed by atoms with Crippen molar-refractivity contribution in [2.45, 2.75) is 25.8 Å². The fraction of sp³-hybridized carbons (Fsp3) is 0.500. The second kappa shape index (κ2) is 4.75. The molecular weight excluding hydrogens is 242 g/mol. The van der Waals surface area contributed by atoms with Crippen LogP contribution >= 0.6 is 15.9 Å². The highest BCUT2D eigenvalue weighted by molar-refractivity contribution is 9.10. The average Bonchev–Trinajstić information content (AvgIpc) is 2.21. The molecule has 4 heteroatoms. The Balaban J connectivity index is 2.72. The molecule has 0 radical (unpaired) electrons. The number of hydrogen-bond acceptors (Lipinski definition) is 3. The fourth-order valence-electron chi connectivity index (χ4n) is 1.04. The Kier molecular flexibility index (Phi) is 3.89. The summed E-state index contributed by atoms with van der Waals surface area (Å²) in [5, 5.41) is 3.32. The molecule has 78 valence electrons. The molecule has 0 saturated heterocycles. The Morgan fingerprint density at radius 3 is 2.71 bits per heavy atom. The van der Waals surface area contributed by atoms with Gasteiger partial charge in [0.2, 0.25) is 0 Å². The van der Waals surface area contributed by atoms with Crippen molar-refractivity contribution >= 4 is 21.7 Å². The summed E-state index contributed by atoms with van der Waals surface area (Å²) in [5.74, 6) is 0.864. The molecule has 1 atom stereocenters. The van der Waals surface area contributed by atoms with Crippen molar-refractivity contribution in [2.24, 2.45) is 5.73 Å². The number of nitrogens with one attached hydrogen (secondary N) is 1. The third-order valence-electron chi connectivity index (χ3n) is 2.39. The zero-order valence-corrected chi connectivity index (χ0v) is 10.1. The number of hydrogen-bond donors (Lipinski definition) is 2. The van der Waals surface area contributed by atoms with E-state index in [0.29, 0.717) is 6.54 Å². The van der Waals surface area contributed by atoms with Gasteiger partial charge in [-0.15, -0.1) is 0 Å². The van der Waals surface area contributed by atoms with Crippen molar-refractivity contribution in [2.75, 3.05) is 11.9 Å². The summed E-state index contributed by atoms with van der Waals surface area (Å²) < 4.78 is 0.981. The summed E-state index contributed by atoms with van der Waals surface area (Å²) >= 11 is 3.34. The maximum Gasteiger partial charge on any atom is 0.126 e. The van der Waals surface area contributed by atoms with Gasteiger partial charge in [0.1, 0.15) is 5.82 Å². The Labute approximate surface area is 93.2 Å². The van der Waals surface area contributed by atoms with Crippen LogP contribution in [-0.2, 0) is 0 Å².